The third kappa shape index (κ3) is 6.65. The molecule has 0 spiro atoms. The number of fused-ring (bicyclic) bond motifs is 1. The van der Waals surface area contributed by atoms with Crippen LogP contribution in [0.2, 0.25) is 0 Å². The molecule has 0 bridgehead atoms. The maximum Gasteiger partial charge on any atom is 0.408 e. The van der Waals surface area contributed by atoms with Crippen LogP contribution in [0.25, 0.3) is 11.3 Å². The number of benzene rings is 1. The summed E-state index contributed by atoms with van der Waals surface area (Å²) < 4.78 is 87.6. The zero-order valence-corrected chi connectivity index (χ0v) is 19.6. The molecule has 15 heteroatoms. The van der Waals surface area contributed by atoms with E-state index < -0.39 is 39.9 Å². The number of aromatic nitrogens is 1. The summed E-state index contributed by atoms with van der Waals surface area (Å²) in [4.78, 5) is 7.98. The molecule has 2 heterocycles. The van der Waals surface area contributed by atoms with E-state index in [4.69, 9.17) is 9.29 Å². The Labute approximate surface area is 196 Å². The fourth-order valence-corrected chi connectivity index (χ4v) is 4.27. The summed E-state index contributed by atoms with van der Waals surface area (Å²) in [6.07, 6.45) is -4.29. The highest BCUT2D eigenvalue weighted by Crippen LogP contribution is 2.31. The molecule has 4 N–H and O–H groups in total. The van der Waals surface area contributed by atoms with E-state index in [0.29, 0.717) is 16.9 Å². The largest absolute Gasteiger partial charge is 0.495 e. The predicted molar refractivity (Wildman–Crippen MR) is 121 cm³/mol. The number of amidine groups is 1. The second-order valence-electron chi connectivity index (χ2n) is 7.21. The van der Waals surface area contributed by atoms with Crippen molar-refractivity contribution in [3.8, 4) is 17.0 Å². The molecular weight excluding hydrogens is 499 g/mol. The van der Waals surface area contributed by atoms with Gasteiger partial charge in [0, 0.05) is 18.4 Å². The molecule has 0 saturated heterocycles. The van der Waals surface area contributed by atoms with Gasteiger partial charge < -0.3 is 19.9 Å². The second kappa shape index (κ2) is 10.2. The molecule has 0 radical (unpaired) electrons. The van der Waals surface area contributed by atoms with Gasteiger partial charge in [-0.05, 0) is 30.3 Å². The summed E-state index contributed by atoms with van der Waals surface area (Å²) >= 11 is -2.04. The number of nitrogens with one attached hydrogen (secondary N) is 3. The Balaban J connectivity index is 2.00. The summed E-state index contributed by atoms with van der Waals surface area (Å²) in [5, 5.41) is 8.60. The smallest absolute Gasteiger partial charge is 0.408 e. The number of sulfone groups is 1. The number of anilines is 1. The van der Waals surface area contributed by atoms with Crippen LogP contribution in [0.3, 0.4) is 0 Å². The summed E-state index contributed by atoms with van der Waals surface area (Å²) in [7, 11) is -2.29. The molecule has 3 rings (SSSR count). The number of halogens is 3. The molecule has 2 aromatic rings. The molecule has 34 heavy (non-hydrogen) atoms. The number of rotatable bonds is 8. The molecule has 186 valence electrons. The predicted octanol–water partition coefficient (Wildman–Crippen LogP) is 1.58. The van der Waals surface area contributed by atoms with Crippen molar-refractivity contribution in [2.45, 2.75) is 17.4 Å². The molecule has 2 atom stereocenters. The maximum atomic E-state index is 12.8. The quantitative estimate of drug-likeness (QED) is 0.381. The zero-order chi connectivity index (χ0) is 25.1. The Morgan fingerprint density at radius 1 is 1.26 bits per heavy atom. The number of nitrogens with zero attached hydrogens (tertiary/aromatic N) is 2. The van der Waals surface area contributed by atoms with E-state index in [1.807, 2.05) is 0 Å². The molecule has 0 amide bonds. The van der Waals surface area contributed by atoms with E-state index in [1.165, 1.54) is 19.2 Å². The van der Waals surface area contributed by atoms with Gasteiger partial charge in [-0.3, -0.25) is 10.3 Å². The van der Waals surface area contributed by atoms with Crippen molar-refractivity contribution < 1.29 is 35.1 Å². The minimum atomic E-state index is -4.55. The molecule has 0 fully saturated rings. The van der Waals surface area contributed by atoms with E-state index in [-0.39, 0.29) is 34.5 Å². The van der Waals surface area contributed by atoms with Crippen LogP contribution in [0.1, 0.15) is 5.69 Å². The lowest BCUT2D eigenvalue weighted by molar-refractivity contribution is -0.118. The van der Waals surface area contributed by atoms with Crippen LogP contribution < -0.4 is 20.7 Å². The van der Waals surface area contributed by atoms with Gasteiger partial charge in [-0.2, -0.15) is 13.2 Å². The number of hydrogen-bond donors (Lipinski definition) is 4. The average Bonchev–Trinajstić information content (AvgIpc) is 2.75. The van der Waals surface area contributed by atoms with Crippen molar-refractivity contribution in [2.75, 3.05) is 37.5 Å². The first-order valence-electron chi connectivity index (χ1n) is 9.72. The lowest BCUT2D eigenvalue weighted by atomic mass is 10.1. The highest BCUT2D eigenvalue weighted by Gasteiger charge is 2.29. The van der Waals surface area contributed by atoms with Crippen molar-refractivity contribution in [3.63, 3.8) is 0 Å². The second-order valence-corrected chi connectivity index (χ2v) is 10.2. The average molecular weight is 522 g/mol. The topological polar surface area (TPSA) is 142 Å². The van der Waals surface area contributed by atoms with Gasteiger partial charge in [-0.1, -0.05) is 0 Å². The third-order valence-corrected chi connectivity index (χ3v) is 6.27. The SMILES string of the molecule is COc1ccc(-c2ccc3c(n2)C(=NCC(F)(F)F)NC(NCCS(=O)O)N3)cc1S(C)(=O)=O. The van der Waals surface area contributed by atoms with Gasteiger partial charge in [0.2, 0.25) is 0 Å². The number of alkyl halides is 3. The molecule has 1 aliphatic heterocycles. The van der Waals surface area contributed by atoms with Gasteiger partial charge in [0.1, 0.15) is 22.9 Å². The van der Waals surface area contributed by atoms with E-state index >= 15 is 0 Å². The van der Waals surface area contributed by atoms with Crippen molar-refractivity contribution in [2.24, 2.45) is 4.99 Å². The van der Waals surface area contributed by atoms with E-state index in [9.17, 15) is 25.8 Å². The van der Waals surface area contributed by atoms with Crippen LogP contribution >= 0.6 is 0 Å². The lowest BCUT2D eigenvalue weighted by Gasteiger charge is -2.30. The van der Waals surface area contributed by atoms with Crippen LogP contribution in [-0.2, 0) is 20.9 Å². The number of pyridine rings is 1. The summed E-state index contributed by atoms with van der Waals surface area (Å²) in [5.74, 6) is -0.0795. The molecule has 2 unspecified atom stereocenters. The number of methoxy groups -OCH3 is 1. The molecule has 1 aromatic carbocycles. The fourth-order valence-electron chi connectivity index (χ4n) is 3.12. The van der Waals surface area contributed by atoms with Crippen molar-refractivity contribution in [1.82, 2.24) is 15.6 Å². The standard InChI is InChI=1S/C19H22F3N5O5S2/c1-32-14-6-3-11(9-15(14)34(2,30)31)12-4-5-13-16(25-12)17(24-10-19(20,21)22)27-18(26-13)23-7-8-33(28)29/h3-6,9,18,23,26H,7-8,10H2,1-2H3,(H,24,27)(H,28,29). The number of aliphatic imine (C=N–C) groups is 1. The van der Waals surface area contributed by atoms with Crippen LogP contribution in [0.4, 0.5) is 18.9 Å². The summed E-state index contributed by atoms with van der Waals surface area (Å²) in [6, 6.07) is 7.57. The highest BCUT2D eigenvalue weighted by molar-refractivity contribution is 7.90. The van der Waals surface area contributed by atoms with Crippen LogP contribution in [0.5, 0.6) is 5.75 Å². The van der Waals surface area contributed by atoms with Crippen LogP contribution in [0, 0.1) is 0 Å². The maximum absolute atomic E-state index is 12.8. The molecule has 1 aromatic heterocycles. The molecular formula is C19H22F3N5O5S2. The monoisotopic (exact) mass is 521 g/mol. The fraction of sp³-hybridized carbons (Fsp3) is 0.368. The number of hydrogen-bond acceptors (Lipinski definition) is 8. The van der Waals surface area contributed by atoms with Gasteiger partial charge in [0.05, 0.1) is 24.2 Å². The Kier molecular flexibility index (Phi) is 7.80. The lowest BCUT2D eigenvalue weighted by Crippen LogP contribution is -2.55. The summed E-state index contributed by atoms with van der Waals surface area (Å²) in [5.41, 5.74) is 1.17. The highest BCUT2D eigenvalue weighted by atomic mass is 32.2. The van der Waals surface area contributed by atoms with Crippen LogP contribution in [0.15, 0.2) is 40.2 Å². The van der Waals surface area contributed by atoms with E-state index in [2.05, 4.69) is 25.9 Å². The zero-order valence-electron chi connectivity index (χ0n) is 18.0. The Morgan fingerprint density at radius 3 is 2.62 bits per heavy atom. The minimum Gasteiger partial charge on any atom is -0.495 e. The first-order valence-corrected chi connectivity index (χ1v) is 12.9. The Bertz CT molecular complexity index is 1220. The molecule has 10 nitrogen and oxygen atoms in total. The molecule has 1 aliphatic rings. The van der Waals surface area contributed by atoms with Crippen molar-refractivity contribution in [3.05, 3.63) is 36.0 Å². The van der Waals surface area contributed by atoms with Gasteiger partial charge in [-0.25, -0.2) is 17.6 Å². The van der Waals surface area contributed by atoms with Gasteiger partial charge in [-0.15, -0.1) is 0 Å². The molecule has 0 saturated carbocycles. The van der Waals surface area contributed by atoms with Gasteiger partial charge in [0.25, 0.3) is 0 Å². The Morgan fingerprint density at radius 2 is 2.00 bits per heavy atom. The van der Waals surface area contributed by atoms with E-state index in [0.717, 1.165) is 6.26 Å². The normalized spacial score (nSPS) is 18.1. The van der Waals surface area contributed by atoms with Gasteiger partial charge >= 0.3 is 6.18 Å². The number of ether oxygens (including phenoxy) is 1. The van der Waals surface area contributed by atoms with Crippen molar-refractivity contribution in [1.29, 1.82) is 0 Å². The van der Waals surface area contributed by atoms with Crippen molar-refractivity contribution >= 4 is 32.4 Å². The van der Waals surface area contributed by atoms with E-state index in [1.54, 1.807) is 18.2 Å². The minimum absolute atomic E-state index is 0.0558. The van der Waals surface area contributed by atoms with Gasteiger partial charge in [0.15, 0.2) is 33.0 Å². The Hall–Kier alpha value is -2.75. The summed E-state index contributed by atoms with van der Waals surface area (Å²) in [6.45, 7) is -1.35. The first-order chi connectivity index (χ1) is 15.9. The van der Waals surface area contributed by atoms with Crippen LogP contribution in [-0.4, -0.2) is 72.7 Å². The third-order valence-electron chi connectivity index (χ3n) is 4.60. The first kappa shape index (κ1) is 25.9. The molecule has 0 aliphatic carbocycles.